The normalized spacial score (nSPS) is 17.7. The molecule has 2 aromatic carbocycles. The van der Waals surface area contributed by atoms with Crippen molar-refractivity contribution >= 4 is 18.7 Å². The van der Waals surface area contributed by atoms with Crippen molar-refractivity contribution in [1.29, 1.82) is 0 Å². The molecule has 0 aromatic heterocycles. The first-order valence-electron chi connectivity index (χ1n) is 12.2. The van der Waals surface area contributed by atoms with Crippen molar-refractivity contribution < 1.29 is 14.6 Å². The van der Waals surface area contributed by atoms with Gasteiger partial charge >= 0.3 is 0 Å². The van der Waals surface area contributed by atoms with Crippen molar-refractivity contribution in [2.45, 2.75) is 83.5 Å². The van der Waals surface area contributed by atoms with Gasteiger partial charge < -0.3 is 14.6 Å². The zero-order valence-corrected chi connectivity index (χ0v) is 21.9. The van der Waals surface area contributed by atoms with Gasteiger partial charge in [0, 0.05) is 0 Å². The van der Waals surface area contributed by atoms with Gasteiger partial charge in [-0.2, -0.15) is 0 Å². The number of aliphatic hydroxyl groups excluding tert-OH is 1. The van der Waals surface area contributed by atoms with Gasteiger partial charge in [0.05, 0.1) is 18.1 Å². The van der Waals surface area contributed by atoms with Gasteiger partial charge in [-0.1, -0.05) is 99.7 Å². The molecule has 1 fully saturated rings. The first-order valence-corrected chi connectivity index (χ1v) is 14.1. The summed E-state index contributed by atoms with van der Waals surface area (Å²) in [5.74, 6) is 6.32. The first kappa shape index (κ1) is 25.7. The van der Waals surface area contributed by atoms with E-state index in [9.17, 15) is 10.2 Å². The Hall–Kier alpha value is -1.90. The monoisotopic (exact) mass is 464 g/mol. The van der Waals surface area contributed by atoms with Crippen molar-refractivity contribution in [3.05, 3.63) is 60.7 Å². The Bertz CT molecular complexity index is 906. The van der Waals surface area contributed by atoms with Gasteiger partial charge in [-0.25, -0.2) is 0 Å². The lowest BCUT2D eigenvalue weighted by atomic mass is 9.82. The van der Waals surface area contributed by atoms with Crippen LogP contribution < -0.4 is 10.4 Å². The highest BCUT2D eigenvalue weighted by Gasteiger charge is 2.50. The Balaban J connectivity index is 1.91. The van der Waals surface area contributed by atoms with Crippen LogP contribution >= 0.6 is 0 Å². The molecule has 0 amide bonds. The molecule has 1 saturated carbocycles. The van der Waals surface area contributed by atoms with E-state index < -0.39 is 25.4 Å². The predicted molar refractivity (Wildman–Crippen MR) is 139 cm³/mol. The van der Waals surface area contributed by atoms with E-state index in [1.807, 2.05) is 26.0 Å². The topological polar surface area (TPSA) is 49.7 Å². The standard InChI is InChI=1S/C29H40O3Si/c1-27(2,3)33(24-15-9-6-10-16-24,25-17-11-7-12-18-25)32-23-26(30)28(4,5)21-22-29(31)19-13-8-14-20-29/h6-7,9-12,15-18,26,30-31H,8,13-14,19-20,23H2,1-5H3. The molecule has 2 aromatic rings. The molecule has 1 aliphatic rings. The molecule has 0 saturated heterocycles. The molecule has 0 bridgehead atoms. The van der Waals surface area contributed by atoms with Gasteiger partial charge in [0.25, 0.3) is 8.32 Å². The fourth-order valence-corrected chi connectivity index (χ4v) is 9.36. The van der Waals surface area contributed by atoms with Crippen molar-refractivity contribution in [2.24, 2.45) is 5.41 Å². The molecule has 0 radical (unpaired) electrons. The van der Waals surface area contributed by atoms with Gasteiger partial charge in [-0.3, -0.25) is 0 Å². The molecule has 3 rings (SSSR count). The predicted octanol–water partition coefficient (Wildman–Crippen LogP) is 4.65. The zero-order valence-electron chi connectivity index (χ0n) is 20.9. The maximum atomic E-state index is 11.2. The van der Waals surface area contributed by atoms with E-state index >= 15 is 0 Å². The lowest BCUT2D eigenvalue weighted by Gasteiger charge is -2.44. The highest BCUT2D eigenvalue weighted by Crippen LogP contribution is 2.37. The van der Waals surface area contributed by atoms with Crippen LogP contribution in [0.3, 0.4) is 0 Å². The summed E-state index contributed by atoms with van der Waals surface area (Å²) in [6.07, 6.45) is 3.81. The molecule has 1 unspecified atom stereocenters. The lowest BCUT2D eigenvalue weighted by molar-refractivity contribution is 0.0355. The van der Waals surface area contributed by atoms with Crippen LogP contribution in [0.1, 0.15) is 66.7 Å². The molecule has 3 nitrogen and oxygen atoms in total. The summed E-state index contributed by atoms with van der Waals surface area (Å²) >= 11 is 0. The molecule has 1 atom stereocenters. The maximum Gasteiger partial charge on any atom is 0.261 e. The largest absolute Gasteiger partial charge is 0.405 e. The highest BCUT2D eigenvalue weighted by atomic mass is 28.4. The maximum absolute atomic E-state index is 11.2. The molecule has 33 heavy (non-hydrogen) atoms. The smallest absolute Gasteiger partial charge is 0.261 e. The molecule has 2 N–H and O–H groups in total. The van der Waals surface area contributed by atoms with Crippen LogP contribution in [0.2, 0.25) is 5.04 Å². The number of hydrogen-bond acceptors (Lipinski definition) is 3. The van der Waals surface area contributed by atoms with E-state index in [0.717, 1.165) is 19.3 Å². The van der Waals surface area contributed by atoms with Crippen molar-refractivity contribution in [3.8, 4) is 11.8 Å². The van der Waals surface area contributed by atoms with Gasteiger partial charge in [0.15, 0.2) is 0 Å². The summed E-state index contributed by atoms with van der Waals surface area (Å²) in [5, 5.41) is 24.3. The van der Waals surface area contributed by atoms with E-state index in [-0.39, 0.29) is 11.6 Å². The van der Waals surface area contributed by atoms with E-state index in [1.54, 1.807) is 0 Å². The van der Waals surface area contributed by atoms with Gasteiger partial charge in [-0.05, 0) is 54.9 Å². The van der Waals surface area contributed by atoms with Crippen LogP contribution in [0.15, 0.2) is 60.7 Å². The fraction of sp³-hybridized carbons (Fsp3) is 0.517. The number of benzene rings is 2. The Labute approximate surface area is 201 Å². The number of aliphatic hydroxyl groups is 2. The molecule has 1 aliphatic carbocycles. The van der Waals surface area contributed by atoms with Crippen LogP contribution in [0.5, 0.6) is 0 Å². The minimum Gasteiger partial charge on any atom is -0.405 e. The first-order chi connectivity index (χ1) is 15.5. The van der Waals surface area contributed by atoms with Crippen LogP contribution in [0.4, 0.5) is 0 Å². The van der Waals surface area contributed by atoms with Crippen molar-refractivity contribution in [1.82, 2.24) is 0 Å². The lowest BCUT2D eigenvalue weighted by Crippen LogP contribution is -2.67. The summed E-state index contributed by atoms with van der Waals surface area (Å²) in [5.41, 5.74) is -1.62. The molecule has 4 heteroatoms. The third-order valence-corrected chi connectivity index (χ3v) is 12.0. The minimum absolute atomic E-state index is 0.150. The molecule has 0 aliphatic heterocycles. The van der Waals surface area contributed by atoms with E-state index in [0.29, 0.717) is 12.8 Å². The second-order valence-corrected chi connectivity index (χ2v) is 15.4. The molecule has 178 valence electrons. The molecule has 0 spiro atoms. The third kappa shape index (κ3) is 5.78. The van der Waals surface area contributed by atoms with Crippen LogP contribution in [0, 0.1) is 17.3 Å². The second kappa shape index (κ2) is 10.2. The summed E-state index contributed by atoms with van der Waals surface area (Å²) < 4.78 is 6.89. The summed E-state index contributed by atoms with van der Waals surface area (Å²) in [6, 6.07) is 20.9. The molecule has 0 heterocycles. The van der Waals surface area contributed by atoms with Gasteiger partial charge in [0.1, 0.15) is 5.60 Å². The van der Waals surface area contributed by atoms with Crippen LogP contribution in [-0.2, 0) is 4.43 Å². The van der Waals surface area contributed by atoms with Crippen molar-refractivity contribution in [2.75, 3.05) is 6.61 Å². The summed E-state index contributed by atoms with van der Waals surface area (Å²) in [4.78, 5) is 0. The Morgan fingerprint density at radius 2 is 1.36 bits per heavy atom. The fourth-order valence-electron chi connectivity index (χ4n) is 4.80. The van der Waals surface area contributed by atoms with Crippen LogP contribution in [0.25, 0.3) is 0 Å². The van der Waals surface area contributed by atoms with Gasteiger partial charge in [0.2, 0.25) is 0 Å². The quantitative estimate of drug-likeness (QED) is 0.483. The second-order valence-electron chi connectivity index (χ2n) is 11.1. The average molecular weight is 465 g/mol. The molecular formula is C29H40O3Si. The molecular weight excluding hydrogens is 424 g/mol. The Morgan fingerprint density at radius 3 is 1.82 bits per heavy atom. The van der Waals surface area contributed by atoms with Crippen molar-refractivity contribution in [3.63, 3.8) is 0 Å². The van der Waals surface area contributed by atoms with E-state index in [2.05, 4.69) is 81.1 Å². The zero-order chi connectivity index (χ0) is 24.2. The Morgan fingerprint density at radius 1 is 0.879 bits per heavy atom. The highest BCUT2D eigenvalue weighted by molar-refractivity contribution is 6.99. The summed E-state index contributed by atoms with van der Waals surface area (Å²) in [6.45, 7) is 10.8. The number of hydrogen-bond donors (Lipinski definition) is 2. The third-order valence-electron chi connectivity index (χ3n) is 7.01. The number of rotatable bonds is 6. The summed E-state index contributed by atoms with van der Waals surface area (Å²) in [7, 11) is -2.72. The SMILES string of the molecule is CC(C)(C#CC1(O)CCCCC1)C(O)CO[Si](c1ccccc1)(c1ccccc1)C(C)(C)C. The Kier molecular flexibility index (Phi) is 7.91. The van der Waals surface area contributed by atoms with E-state index in [1.165, 1.54) is 10.4 Å². The van der Waals surface area contributed by atoms with Crippen LogP contribution in [-0.4, -0.2) is 36.8 Å². The van der Waals surface area contributed by atoms with Gasteiger partial charge in [-0.15, -0.1) is 0 Å². The minimum atomic E-state index is -2.72. The average Bonchev–Trinajstić information content (AvgIpc) is 2.79. The van der Waals surface area contributed by atoms with E-state index in [4.69, 9.17) is 4.43 Å².